The number of carbonyl (C=O) groups is 2. The van der Waals surface area contributed by atoms with Crippen molar-refractivity contribution in [2.24, 2.45) is 0 Å². The summed E-state index contributed by atoms with van der Waals surface area (Å²) in [6.07, 6.45) is 4.16. The fraction of sp³-hybridized carbons (Fsp3) is 0.500. The third-order valence-electron chi connectivity index (χ3n) is 3.99. The first kappa shape index (κ1) is 15.4. The van der Waals surface area contributed by atoms with Crippen molar-refractivity contribution in [1.29, 1.82) is 0 Å². The van der Waals surface area contributed by atoms with E-state index in [2.05, 4.69) is 5.32 Å². The maximum Gasteiger partial charge on any atom is 0.331 e. The zero-order valence-electron chi connectivity index (χ0n) is 12.5. The van der Waals surface area contributed by atoms with Crippen LogP contribution in [0.2, 0.25) is 0 Å². The highest BCUT2D eigenvalue weighted by Gasteiger charge is 2.42. The molecule has 1 aliphatic carbocycles. The molecule has 0 aromatic heterocycles. The van der Waals surface area contributed by atoms with E-state index in [1.807, 2.05) is 0 Å². The molecule has 1 amide bonds. The first-order valence-electron chi connectivity index (χ1n) is 7.16. The van der Waals surface area contributed by atoms with Crippen molar-refractivity contribution in [2.45, 2.75) is 37.6 Å². The van der Waals surface area contributed by atoms with Crippen molar-refractivity contribution < 1.29 is 19.1 Å². The monoisotopic (exact) mass is 291 g/mol. The molecule has 0 heterocycles. The van der Waals surface area contributed by atoms with Crippen LogP contribution in [0.5, 0.6) is 5.75 Å². The Hall–Kier alpha value is -2.04. The van der Waals surface area contributed by atoms with E-state index in [4.69, 9.17) is 9.47 Å². The highest BCUT2D eigenvalue weighted by atomic mass is 16.5. The minimum absolute atomic E-state index is 0.259. The summed E-state index contributed by atoms with van der Waals surface area (Å²) in [5.74, 6) is 0.0703. The molecular formula is C16H21NO4. The summed E-state index contributed by atoms with van der Waals surface area (Å²) in [7, 11) is 2.93. The van der Waals surface area contributed by atoms with Gasteiger partial charge < -0.3 is 14.8 Å². The Morgan fingerprint density at radius 1 is 1.05 bits per heavy atom. The second-order valence-electron chi connectivity index (χ2n) is 5.32. The summed E-state index contributed by atoms with van der Waals surface area (Å²) in [4.78, 5) is 24.5. The molecule has 2 rings (SSSR count). The maximum absolute atomic E-state index is 12.4. The molecule has 0 radical (unpaired) electrons. The highest BCUT2D eigenvalue weighted by molar-refractivity contribution is 5.98. The smallest absolute Gasteiger partial charge is 0.331 e. The van der Waals surface area contributed by atoms with Crippen LogP contribution in [0.1, 0.15) is 42.5 Å². The van der Waals surface area contributed by atoms with Crippen LogP contribution in [-0.2, 0) is 9.53 Å². The van der Waals surface area contributed by atoms with Gasteiger partial charge in [-0.2, -0.15) is 0 Å². The van der Waals surface area contributed by atoms with E-state index in [9.17, 15) is 9.59 Å². The molecule has 0 unspecified atom stereocenters. The Balaban J connectivity index is 2.15. The molecule has 21 heavy (non-hydrogen) atoms. The van der Waals surface area contributed by atoms with Crippen molar-refractivity contribution in [3.05, 3.63) is 29.8 Å². The average Bonchev–Trinajstić information content (AvgIpc) is 2.55. The Morgan fingerprint density at radius 2 is 1.67 bits per heavy atom. The van der Waals surface area contributed by atoms with Gasteiger partial charge in [-0.15, -0.1) is 0 Å². The number of rotatable bonds is 4. The van der Waals surface area contributed by atoms with Crippen molar-refractivity contribution in [3.8, 4) is 5.75 Å². The summed E-state index contributed by atoms with van der Waals surface area (Å²) in [6.45, 7) is 0. The first-order valence-corrected chi connectivity index (χ1v) is 7.16. The van der Waals surface area contributed by atoms with Gasteiger partial charge in [0.25, 0.3) is 5.91 Å². The SMILES string of the molecule is COC(=O)C1(NC(=O)c2ccc(OC)cc2)CCCCC1. The molecule has 114 valence electrons. The number of amides is 1. The van der Waals surface area contributed by atoms with Crippen molar-refractivity contribution in [2.75, 3.05) is 14.2 Å². The zero-order valence-corrected chi connectivity index (χ0v) is 12.5. The Bertz CT molecular complexity index is 504. The second kappa shape index (κ2) is 6.61. The molecular weight excluding hydrogens is 270 g/mol. The van der Waals surface area contributed by atoms with Gasteiger partial charge in [-0.25, -0.2) is 4.79 Å². The minimum Gasteiger partial charge on any atom is -0.497 e. The molecule has 1 aliphatic rings. The molecule has 0 saturated heterocycles. The fourth-order valence-electron chi connectivity index (χ4n) is 2.76. The standard InChI is InChI=1S/C16H21NO4/c1-20-13-8-6-12(7-9-13)14(18)17-16(15(19)21-2)10-4-3-5-11-16/h6-9H,3-5,10-11H2,1-2H3,(H,17,18). The van der Waals surface area contributed by atoms with Crippen LogP contribution in [0, 0.1) is 0 Å². The van der Waals surface area contributed by atoms with E-state index in [0.29, 0.717) is 24.2 Å². The van der Waals surface area contributed by atoms with Crippen LogP contribution in [0.25, 0.3) is 0 Å². The van der Waals surface area contributed by atoms with E-state index in [-0.39, 0.29) is 11.9 Å². The number of hydrogen-bond donors (Lipinski definition) is 1. The topological polar surface area (TPSA) is 64.6 Å². The van der Waals surface area contributed by atoms with E-state index in [0.717, 1.165) is 19.3 Å². The normalized spacial score (nSPS) is 16.9. The third-order valence-corrected chi connectivity index (χ3v) is 3.99. The van der Waals surface area contributed by atoms with E-state index < -0.39 is 5.54 Å². The number of nitrogens with one attached hydrogen (secondary N) is 1. The maximum atomic E-state index is 12.4. The largest absolute Gasteiger partial charge is 0.497 e. The lowest BCUT2D eigenvalue weighted by Crippen LogP contribution is -2.56. The lowest BCUT2D eigenvalue weighted by Gasteiger charge is -2.35. The molecule has 0 atom stereocenters. The molecule has 1 aromatic carbocycles. The summed E-state index contributed by atoms with van der Waals surface area (Å²) in [5, 5.41) is 2.88. The van der Waals surface area contributed by atoms with E-state index in [1.54, 1.807) is 31.4 Å². The fourth-order valence-corrected chi connectivity index (χ4v) is 2.76. The van der Waals surface area contributed by atoms with Crippen LogP contribution >= 0.6 is 0 Å². The van der Waals surface area contributed by atoms with Gasteiger partial charge in [-0.05, 0) is 37.1 Å². The van der Waals surface area contributed by atoms with Gasteiger partial charge in [0.1, 0.15) is 11.3 Å². The Labute approximate surface area is 124 Å². The molecule has 0 spiro atoms. The number of ether oxygens (including phenoxy) is 2. The number of esters is 1. The van der Waals surface area contributed by atoms with Gasteiger partial charge in [0.2, 0.25) is 0 Å². The van der Waals surface area contributed by atoms with Gasteiger partial charge >= 0.3 is 5.97 Å². The summed E-state index contributed by atoms with van der Waals surface area (Å²) in [5.41, 5.74) is -0.381. The molecule has 5 nitrogen and oxygen atoms in total. The van der Waals surface area contributed by atoms with Gasteiger partial charge in [-0.1, -0.05) is 19.3 Å². The van der Waals surface area contributed by atoms with Crippen molar-refractivity contribution >= 4 is 11.9 Å². The van der Waals surface area contributed by atoms with Crippen LogP contribution in [0.4, 0.5) is 0 Å². The number of hydrogen-bond acceptors (Lipinski definition) is 4. The lowest BCUT2D eigenvalue weighted by molar-refractivity contribution is -0.149. The first-order chi connectivity index (χ1) is 10.1. The number of benzene rings is 1. The van der Waals surface area contributed by atoms with Crippen molar-refractivity contribution in [3.63, 3.8) is 0 Å². The lowest BCUT2D eigenvalue weighted by atomic mass is 9.81. The summed E-state index contributed by atoms with van der Waals surface area (Å²) >= 11 is 0. The van der Waals surface area contributed by atoms with Gasteiger partial charge in [0.15, 0.2) is 0 Å². The van der Waals surface area contributed by atoms with Crippen LogP contribution in [-0.4, -0.2) is 31.6 Å². The molecule has 1 saturated carbocycles. The second-order valence-corrected chi connectivity index (χ2v) is 5.32. The Kier molecular flexibility index (Phi) is 4.83. The van der Waals surface area contributed by atoms with Gasteiger partial charge in [0, 0.05) is 5.56 Å². The summed E-state index contributed by atoms with van der Waals surface area (Å²) < 4.78 is 9.96. The van der Waals surface area contributed by atoms with E-state index >= 15 is 0 Å². The molecule has 0 bridgehead atoms. The highest BCUT2D eigenvalue weighted by Crippen LogP contribution is 2.29. The van der Waals surface area contributed by atoms with Gasteiger partial charge in [-0.3, -0.25) is 4.79 Å². The number of methoxy groups -OCH3 is 2. The minimum atomic E-state index is -0.885. The molecule has 1 N–H and O–H groups in total. The molecule has 0 aliphatic heterocycles. The average molecular weight is 291 g/mol. The summed E-state index contributed by atoms with van der Waals surface area (Å²) in [6, 6.07) is 6.81. The van der Waals surface area contributed by atoms with Gasteiger partial charge in [0.05, 0.1) is 14.2 Å². The van der Waals surface area contributed by atoms with E-state index in [1.165, 1.54) is 7.11 Å². The number of carbonyl (C=O) groups excluding carboxylic acids is 2. The molecule has 5 heteroatoms. The molecule has 1 aromatic rings. The zero-order chi connectivity index (χ0) is 15.3. The van der Waals surface area contributed by atoms with Crippen LogP contribution in [0.3, 0.4) is 0 Å². The predicted molar refractivity (Wildman–Crippen MR) is 78.3 cm³/mol. The van der Waals surface area contributed by atoms with Crippen molar-refractivity contribution in [1.82, 2.24) is 5.32 Å². The third kappa shape index (κ3) is 3.35. The van der Waals surface area contributed by atoms with Crippen LogP contribution in [0.15, 0.2) is 24.3 Å². The predicted octanol–water partition coefficient (Wildman–Crippen LogP) is 2.30. The Morgan fingerprint density at radius 3 is 2.19 bits per heavy atom. The quantitative estimate of drug-likeness (QED) is 0.865. The van der Waals surface area contributed by atoms with Crippen LogP contribution < -0.4 is 10.1 Å². The molecule has 1 fully saturated rings.